The molecule has 0 aliphatic heterocycles. The van der Waals surface area contributed by atoms with Crippen molar-refractivity contribution in [3.8, 4) is 11.5 Å². The first kappa shape index (κ1) is 20.1. The smallest absolute Gasteiger partial charge is 0.341 e. The van der Waals surface area contributed by atoms with Crippen LogP contribution < -0.4 is 9.47 Å². The van der Waals surface area contributed by atoms with E-state index in [0.29, 0.717) is 29.1 Å². The molecule has 6 heteroatoms. The number of carboxylic acids is 1. The molecule has 26 heavy (non-hydrogen) atoms. The summed E-state index contributed by atoms with van der Waals surface area (Å²) in [7, 11) is 1.85. The van der Waals surface area contributed by atoms with Crippen LogP contribution in [0.5, 0.6) is 11.5 Å². The fourth-order valence-electron chi connectivity index (χ4n) is 3.31. The van der Waals surface area contributed by atoms with E-state index in [4.69, 9.17) is 14.6 Å². The van der Waals surface area contributed by atoms with Crippen molar-refractivity contribution in [2.75, 3.05) is 20.3 Å². The lowest BCUT2D eigenvalue weighted by Crippen LogP contribution is -2.40. The molecule has 0 atom stereocenters. The molecule has 1 aromatic carbocycles. The largest absolute Gasteiger partial charge is 0.490 e. The Bertz CT molecular complexity index is 646. The molecule has 0 bridgehead atoms. The molecule has 1 aliphatic rings. The van der Waals surface area contributed by atoms with E-state index in [1.54, 1.807) is 18.2 Å². The molecular weight excluding hydrogens is 334 g/mol. The molecule has 1 N–H and O–H groups in total. The first-order chi connectivity index (χ1) is 12.2. The number of carbonyl (C=O) groups is 2. The minimum absolute atomic E-state index is 0.0551. The van der Waals surface area contributed by atoms with Crippen molar-refractivity contribution in [1.82, 2.24) is 4.90 Å². The molecule has 144 valence electrons. The zero-order valence-electron chi connectivity index (χ0n) is 16.1. The third-order valence-corrected chi connectivity index (χ3v) is 5.02. The molecule has 1 aromatic rings. The number of rotatable bonds is 7. The van der Waals surface area contributed by atoms with Crippen LogP contribution >= 0.6 is 0 Å². The van der Waals surface area contributed by atoms with Crippen molar-refractivity contribution in [3.05, 3.63) is 23.8 Å². The zero-order chi connectivity index (χ0) is 19.3. The van der Waals surface area contributed by atoms with Gasteiger partial charge in [0, 0.05) is 18.7 Å². The standard InChI is InChI=1S/C20H29NO5/c1-5-25-17-12-14(6-7-16(17)26-13-18(22)23)19(24)21(4)15-8-10-20(2,3)11-9-15/h6-7,12,15H,5,8-11,13H2,1-4H3,(H,22,23). The molecule has 0 heterocycles. The number of ether oxygens (including phenoxy) is 2. The van der Waals surface area contributed by atoms with E-state index in [2.05, 4.69) is 13.8 Å². The van der Waals surface area contributed by atoms with Crippen LogP contribution in [-0.2, 0) is 4.79 Å². The number of benzene rings is 1. The molecule has 0 radical (unpaired) electrons. The van der Waals surface area contributed by atoms with E-state index in [0.717, 1.165) is 25.7 Å². The molecule has 1 aliphatic carbocycles. The summed E-state index contributed by atoms with van der Waals surface area (Å²) < 4.78 is 10.8. The van der Waals surface area contributed by atoms with Gasteiger partial charge in [-0.25, -0.2) is 4.79 Å². The second-order valence-electron chi connectivity index (χ2n) is 7.59. The van der Waals surface area contributed by atoms with Gasteiger partial charge in [0.25, 0.3) is 5.91 Å². The third-order valence-electron chi connectivity index (χ3n) is 5.02. The maximum absolute atomic E-state index is 12.9. The van der Waals surface area contributed by atoms with Crippen molar-refractivity contribution < 1.29 is 24.2 Å². The molecule has 0 unspecified atom stereocenters. The van der Waals surface area contributed by atoms with Crippen LogP contribution in [0.4, 0.5) is 0 Å². The minimum Gasteiger partial charge on any atom is -0.490 e. The summed E-state index contributed by atoms with van der Waals surface area (Å²) in [6.45, 7) is 6.32. The molecule has 1 amide bonds. The average Bonchev–Trinajstić information content (AvgIpc) is 2.59. The van der Waals surface area contributed by atoms with E-state index in [9.17, 15) is 9.59 Å². The van der Waals surface area contributed by atoms with Gasteiger partial charge in [0.15, 0.2) is 18.1 Å². The van der Waals surface area contributed by atoms with Gasteiger partial charge in [-0.2, -0.15) is 0 Å². The van der Waals surface area contributed by atoms with E-state index in [1.165, 1.54) is 0 Å². The molecular formula is C20H29NO5. The van der Waals surface area contributed by atoms with Gasteiger partial charge < -0.3 is 19.5 Å². The highest BCUT2D eigenvalue weighted by atomic mass is 16.5. The van der Waals surface area contributed by atoms with Crippen LogP contribution in [0, 0.1) is 5.41 Å². The molecule has 0 saturated heterocycles. The van der Waals surface area contributed by atoms with Gasteiger partial charge in [-0.3, -0.25) is 4.79 Å². The predicted molar refractivity (Wildman–Crippen MR) is 98.9 cm³/mol. The highest BCUT2D eigenvalue weighted by Gasteiger charge is 2.31. The lowest BCUT2D eigenvalue weighted by molar-refractivity contribution is -0.139. The normalized spacial score (nSPS) is 16.8. The Labute approximate surface area is 155 Å². The SMILES string of the molecule is CCOc1cc(C(=O)N(C)C2CCC(C)(C)CC2)ccc1OCC(=O)O. The van der Waals surface area contributed by atoms with Crippen LogP contribution in [0.15, 0.2) is 18.2 Å². The van der Waals surface area contributed by atoms with Crippen LogP contribution in [0.25, 0.3) is 0 Å². The summed E-state index contributed by atoms with van der Waals surface area (Å²) in [5.41, 5.74) is 0.870. The summed E-state index contributed by atoms with van der Waals surface area (Å²) in [4.78, 5) is 25.4. The van der Waals surface area contributed by atoms with Gasteiger partial charge in [0.05, 0.1) is 6.61 Å². The Kier molecular flexibility index (Phi) is 6.51. The van der Waals surface area contributed by atoms with Gasteiger partial charge >= 0.3 is 5.97 Å². The fourth-order valence-corrected chi connectivity index (χ4v) is 3.31. The number of hydrogen-bond acceptors (Lipinski definition) is 4. The first-order valence-corrected chi connectivity index (χ1v) is 9.12. The van der Waals surface area contributed by atoms with Gasteiger partial charge in [0.1, 0.15) is 0 Å². The quantitative estimate of drug-likeness (QED) is 0.801. The number of carboxylic acid groups (broad SMARTS) is 1. The highest BCUT2D eigenvalue weighted by molar-refractivity contribution is 5.95. The van der Waals surface area contributed by atoms with Gasteiger partial charge in [-0.05, 0) is 56.2 Å². The van der Waals surface area contributed by atoms with Crippen molar-refractivity contribution in [2.24, 2.45) is 5.41 Å². The number of amides is 1. The van der Waals surface area contributed by atoms with E-state index < -0.39 is 12.6 Å². The van der Waals surface area contributed by atoms with Gasteiger partial charge in [-0.1, -0.05) is 13.8 Å². The number of hydrogen-bond donors (Lipinski definition) is 1. The van der Waals surface area contributed by atoms with Crippen molar-refractivity contribution in [2.45, 2.75) is 52.5 Å². The Morgan fingerprint density at radius 2 is 1.85 bits per heavy atom. The van der Waals surface area contributed by atoms with Crippen LogP contribution in [0.2, 0.25) is 0 Å². The predicted octanol–water partition coefficient (Wildman–Crippen LogP) is 3.59. The Morgan fingerprint density at radius 1 is 1.19 bits per heavy atom. The maximum Gasteiger partial charge on any atom is 0.341 e. The summed E-state index contributed by atoms with van der Waals surface area (Å²) in [5, 5.41) is 8.77. The second kappa shape index (κ2) is 8.43. The summed E-state index contributed by atoms with van der Waals surface area (Å²) in [6.07, 6.45) is 4.24. The third kappa shape index (κ3) is 5.13. The first-order valence-electron chi connectivity index (χ1n) is 9.12. The zero-order valence-corrected chi connectivity index (χ0v) is 16.1. The average molecular weight is 363 g/mol. The van der Waals surface area contributed by atoms with E-state index >= 15 is 0 Å². The van der Waals surface area contributed by atoms with Gasteiger partial charge in [0.2, 0.25) is 0 Å². The second-order valence-corrected chi connectivity index (χ2v) is 7.59. The lowest BCUT2D eigenvalue weighted by atomic mass is 9.75. The number of carbonyl (C=O) groups excluding carboxylic acids is 1. The summed E-state index contributed by atoms with van der Waals surface area (Å²) in [6, 6.07) is 5.13. The number of nitrogens with zero attached hydrogens (tertiary/aromatic N) is 1. The Balaban J connectivity index is 2.12. The minimum atomic E-state index is -1.06. The van der Waals surface area contributed by atoms with E-state index in [-0.39, 0.29) is 11.9 Å². The lowest BCUT2D eigenvalue weighted by Gasteiger charge is -2.38. The molecule has 0 aromatic heterocycles. The highest BCUT2D eigenvalue weighted by Crippen LogP contribution is 2.37. The molecule has 1 fully saturated rings. The fraction of sp³-hybridized carbons (Fsp3) is 0.600. The molecule has 1 saturated carbocycles. The maximum atomic E-state index is 12.9. The molecule has 6 nitrogen and oxygen atoms in total. The van der Waals surface area contributed by atoms with Crippen LogP contribution in [0.3, 0.4) is 0 Å². The van der Waals surface area contributed by atoms with Crippen LogP contribution in [0.1, 0.15) is 56.8 Å². The van der Waals surface area contributed by atoms with Crippen LogP contribution in [-0.4, -0.2) is 48.2 Å². The van der Waals surface area contributed by atoms with Crippen molar-refractivity contribution in [1.29, 1.82) is 0 Å². The van der Waals surface area contributed by atoms with Crippen molar-refractivity contribution in [3.63, 3.8) is 0 Å². The number of aliphatic carboxylic acids is 1. The van der Waals surface area contributed by atoms with Gasteiger partial charge in [-0.15, -0.1) is 0 Å². The summed E-state index contributed by atoms with van der Waals surface area (Å²) in [5.74, 6) is -0.404. The van der Waals surface area contributed by atoms with E-state index in [1.807, 2.05) is 18.9 Å². The Morgan fingerprint density at radius 3 is 2.42 bits per heavy atom. The monoisotopic (exact) mass is 363 g/mol. The topological polar surface area (TPSA) is 76.1 Å². The molecule has 0 spiro atoms. The summed E-state index contributed by atoms with van der Waals surface area (Å²) >= 11 is 0. The Hall–Kier alpha value is -2.24. The van der Waals surface area contributed by atoms with Crippen molar-refractivity contribution >= 4 is 11.9 Å². The molecule has 2 rings (SSSR count).